The van der Waals surface area contributed by atoms with E-state index in [9.17, 15) is 9.18 Å². The minimum atomic E-state index is -0.364. The van der Waals surface area contributed by atoms with Crippen molar-refractivity contribution in [2.75, 3.05) is 0 Å². The number of hydrogen-bond acceptors (Lipinski definition) is 2. The Morgan fingerprint density at radius 3 is 2.75 bits per heavy atom. The van der Waals surface area contributed by atoms with Crippen LogP contribution in [-0.2, 0) is 11.2 Å². The van der Waals surface area contributed by atoms with Gasteiger partial charge in [0.1, 0.15) is 5.82 Å². The number of benzene rings is 1. The molecule has 20 heavy (non-hydrogen) atoms. The number of nitrogens with one attached hydrogen (secondary N) is 1. The van der Waals surface area contributed by atoms with Crippen molar-refractivity contribution >= 4 is 21.8 Å². The summed E-state index contributed by atoms with van der Waals surface area (Å²) in [6, 6.07) is 6.97. The van der Waals surface area contributed by atoms with E-state index in [1.807, 2.05) is 0 Å². The fourth-order valence-corrected chi connectivity index (χ4v) is 2.91. The molecule has 1 aliphatic carbocycles. The second-order valence-electron chi connectivity index (χ2n) is 5.16. The number of carbonyl (C=O) groups excluding carboxylic acids is 1. The van der Waals surface area contributed by atoms with Gasteiger partial charge in [-0.3, -0.25) is 4.79 Å². The number of nitriles is 1. The van der Waals surface area contributed by atoms with E-state index in [4.69, 9.17) is 5.26 Å². The zero-order chi connectivity index (χ0) is 14.5. The topological polar surface area (TPSA) is 52.9 Å². The molecule has 2 rings (SSSR count). The number of amides is 1. The van der Waals surface area contributed by atoms with Crippen LogP contribution in [0.3, 0.4) is 0 Å². The van der Waals surface area contributed by atoms with Crippen molar-refractivity contribution in [3.8, 4) is 6.07 Å². The van der Waals surface area contributed by atoms with Crippen LogP contribution >= 0.6 is 15.9 Å². The largest absolute Gasteiger partial charge is 0.353 e. The van der Waals surface area contributed by atoms with Gasteiger partial charge in [-0.25, -0.2) is 4.39 Å². The quantitative estimate of drug-likeness (QED) is 0.918. The van der Waals surface area contributed by atoms with E-state index in [-0.39, 0.29) is 30.1 Å². The van der Waals surface area contributed by atoms with Gasteiger partial charge in [-0.2, -0.15) is 5.26 Å². The average molecular weight is 339 g/mol. The molecule has 0 bridgehead atoms. The van der Waals surface area contributed by atoms with Crippen LogP contribution < -0.4 is 5.32 Å². The Balaban J connectivity index is 1.87. The van der Waals surface area contributed by atoms with Crippen LogP contribution in [-0.4, -0.2) is 11.9 Å². The molecule has 1 N–H and O–H groups in total. The normalized spacial score (nSPS) is 22.1. The summed E-state index contributed by atoms with van der Waals surface area (Å²) in [5.41, 5.74) is 0.391. The minimum Gasteiger partial charge on any atom is -0.353 e. The minimum absolute atomic E-state index is 0.0451. The van der Waals surface area contributed by atoms with Gasteiger partial charge in [-0.1, -0.05) is 15.9 Å². The van der Waals surface area contributed by atoms with E-state index in [1.165, 1.54) is 6.07 Å². The smallest absolute Gasteiger partial charge is 0.224 e. The lowest BCUT2D eigenvalue weighted by Crippen LogP contribution is -2.38. The number of hydrogen-bond donors (Lipinski definition) is 1. The van der Waals surface area contributed by atoms with E-state index in [2.05, 4.69) is 27.3 Å². The lowest BCUT2D eigenvalue weighted by atomic mass is 9.87. The van der Waals surface area contributed by atoms with Crippen molar-refractivity contribution in [3.05, 3.63) is 34.1 Å². The highest BCUT2D eigenvalue weighted by Gasteiger charge is 2.22. The summed E-state index contributed by atoms with van der Waals surface area (Å²) >= 11 is 3.27. The van der Waals surface area contributed by atoms with Gasteiger partial charge < -0.3 is 5.32 Å². The van der Waals surface area contributed by atoms with Gasteiger partial charge in [-0.15, -0.1) is 0 Å². The Morgan fingerprint density at radius 2 is 2.10 bits per heavy atom. The summed E-state index contributed by atoms with van der Waals surface area (Å²) in [6.45, 7) is 0. The molecule has 3 nitrogen and oxygen atoms in total. The van der Waals surface area contributed by atoms with E-state index < -0.39 is 0 Å². The standard InChI is InChI=1S/C15H16BrFN2O/c16-12-3-6-14(17)11(7-12)8-15(20)19-13-4-1-10(9-18)2-5-13/h3,6-7,10,13H,1-2,4-5,8H2,(H,19,20). The maximum Gasteiger partial charge on any atom is 0.224 e. The molecule has 0 unspecified atom stereocenters. The Hall–Kier alpha value is -1.41. The van der Waals surface area contributed by atoms with Crippen molar-refractivity contribution < 1.29 is 9.18 Å². The zero-order valence-corrected chi connectivity index (χ0v) is 12.6. The Kier molecular flexibility index (Phi) is 5.13. The van der Waals surface area contributed by atoms with Crippen LogP contribution in [0.1, 0.15) is 31.2 Å². The average Bonchev–Trinajstić information content (AvgIpc) is 2.43. The van der Waals surface area contributed by atoms with Crippen LogP contribution in [0.5, 0.6) is 0 Å². The van der Waals surface area contributed by atoms with Gasteiger partial charge >= 0.3 is 0 Å². The third-order valence-electron chi connectivity index (χ3n) is 3.63. The summed E-state index contributed by atoms with van der Waals surface area (Å²) in [5, 5.41) is 11.8. The van der Waals surface area contributed by atoms with Crippen molar-refractivity contribution in [3.63, 3.8) is 0 Å². The van der Waals surface area contributed by atoms with Gasteiger partial charge in [-0.05, 0) is 49.4 Å². The Bertz CT molecular complexity index is 533. The van der Waals surface area contributed by atoms with Crippen LogP contribution in [0.25, 0.3) is 0 Å². The highest BCUT2D eigenvalue weighted by Crippen LogP contribution is 2.23. The molecule has 1 amide bonds. The number of nitrogens with zero attached hydrogens (tertiary/aromatic N) is 1. The van der Waals surface area contributed by atoms with Crippen LogP contribution in [0.4, 0.5) is 4.39 Å². The first-order valence-corrected chi connectivity index (χ1v) is 7.50. The van der Waals surface area contributed by atoms with Gasteiger partial charge in [0, 0.05) is 16.4 Å². The van der Waals surface area contributed by atoms with E-state index in [1.54, 1.807) is 12.1 Å². The fraction of sp³-hybridized carbons (Fsp3) is 0.467. The van der Waals surface area contributed by atoms with Crippen LogP contribution in [0.15, 0.2) is 22.7 Å². The first-order chi connectivity index (χ1) is 9.58. The predicted molar refractivity (Wildman–Crippen MR) is 77.3 cm³/mol. The van der Waals surface area contributed by atoms with Crippen molar-refractivity contribution in [2.24, 2.45) is 5.92 Å². The van der Waals surface area contributed by atoms with Crippen molar-refractivity contribution in [1.29, 1.82) is 5.26 Å². The van der Waals surface area contributed by atoms with Gasteiger partial charge in [0.15, 0.2) is 0 Å². The molecule has 0 heterocycles. The van der Waals surface area contributed by atoms with E-state index >= 15 is 0 Å². The van der Waals surface area contributed by atoms with Gasteiger partial charge in [0.25, 0.3) is 0 Å². The summed E-state index contributed by atoms with van der Waals surface area (Å²) in [5.74, 6) is -0.412. The SMILES string of the molecule is N#CC1CCC(NC(=O)Cc2cc(Br)ccc2F)CC1. The second-order valence-corrected chi connectivity index (χ2v) is 6.07. The predicted octanol–water partition coefficient (Wildman–Crippen LogP) is 3.33. The number of halogens is 2. The number of rotatable bonds is 3. The molecule has 0 aliphatic heterocycles. The van der Waals surface area contributed by atoms with Crippen molar-refractivity contribution in [1.82, 2.24) is 5.32 Å². The van der Waals surface area contributed by atoms with E-state index in [0.717, 1.165) is 30.2 Å². The molecule has 0 saturated heterocycles. The highest BCUT2D eigenvalue weighted by molar-refractivity contribution is 9.10. The fourth-order valence-electron chi connectivity index (χ4n) is 2.50. The summed E-state index contributed by atoms with van der Waals surface area (Å²) < 4.78 is 14.3. The summed E-state index contributed by atoms with van der Waals surface area (Å²) in [7, 11) is 0. The molecule has 1 aliphatic rings. The molecule has 0 aromatic heterocycles. The number of carbonyl (C=O) groups is 1. The Morgan fingerprint density at radius 1 is 1.40 bits per heavy atom. The summed E-state index contributed by atoms with van der Waals surface area (Å²) in [4.78, 5) is 11.9. The molecule has 1 aromatic carbocycles. The highest BCUT2D eigenvalue weighted by atomic mass is 79.9. The van der Waals surface area contributed by atoms with Gasteiger partial charge in [0.05, 0.1) is 12.5 Å². The Labute approximate surface area is 126 Å². The third kappa shape index (κ3) is 4.04. The first kappa shape index (κ1) is 15.0. The molecule has 1 fully saturated rings. The van der Waals surface area contributed by atoms with Crippen LogP contribution in [0, 0.1) is 23.1 Å². The molecule has 0 spiro atoms. The monoisotopic (exact) mass is 338 g/mol. The third-order valence-corrected chi connectivity index (χ3v) is 4.13. The molecule has 1 saturated carbocycles. The lowest BCUT2D eigenvalue weighted by molar-refractivity contribution is -0.121. The molecule has 1 aromatic rings. The molecule has 0 radical (unpaired) electrons. The van der Waals surface area contributed by atoms with Crippen molar-refractivity contribution in [2.45, 2.75) is 38.1 Å². The van der Waals surface area contributed by atoms with Crippen LogP contribution in [0.2, 0.25) is 0 Å². The maximum atomic E-state index is 13.6. The maximum absolute atomic E-state index is 13.6. The van der Waals surface area contributed by atoms with Gasteiger partial charge in [0.2, 0.25) is 5.91 Å². The molecule has 5 heteroatoms. The lowest BCUT2D eigenvalue weighted by Gasteiger charge is -2.25. The molecule has 0 atom stereocenters. The zero-order valence-electron chi connectivity index (χ0n) is 11.0. The summed E-state index contributed by atoms with van der Waals surface area (Å²) in [6.07, 6.45) is 3.35. The molecular weight excluding hydrogens is 323 g/mol. The second kappa shape index (κ2) is 6.85. The molecular formula is C15H16BrFN2O. The molecule has 106 valence electrons. The first-order valence-electron chi connectivity index (χ1n) is 6.71. The van der Waals surface area contributed by atoms with E-state index in [0.29, 0.717) is 5.56 Å².